The zero-order chi connectivity index (χ0) is 56.1. The van der Waals surface area contributed by atoms with Gasteiger partial charge in [0, 0.05) is 0 Å². The fourth-order valence-electron chi connectivity index (χ4n) is 6.14. The standard InChI is InChI=1S/6C6F5.C2HN3.2Al/c6*7-2-1-3(8)5(10)6(11)4(2)9;3-1-5-2-4;;/h;;;;;;5H;;. The molecule has 6 rings (SSSR count). The zero-order valence-electron chi connectivity index (χ0n) is 32.9. The van der Waals surface area contributed by atoms with Crippen molar-refractivity contribution in [3.8, 4) is 12.4 Å². The molecule has 0 aliphatic carbocycles. The largest absolute Gasteiger partial charge is 0.413 e. The third kappa shape index (κ3) is 9.73. The maximum Gasteiger partial charge on any atom is 0.413 e. The fourth-order valence-corrected chi connectivity index (χ4v) is 12.4. The van der Waals surface area contributed by atoms with Crippen LogP contribution in [0.4, 0.5) is 132 Å². The summed E-state index contributed by atoms with van der Waals surface area (Å²) in [5.41, 5.74) is 0. The minimum absolute atomic E-state index is 1.41. The summed E-state index contributed by atoms with van der Waals surface area (Å²) in [4.78, 5) is 0. The van der Waals surface area contributed by atoms with Crippen molar-refractivity contribution >= 4 is 54.8 Å². The number of hydrogen-bond acceptors (Lipinski definition) is 3. The number of rotatable bonds is 6. The molecule has 0 aliphatic rings. The van der Waals surface area contributed by atoms with Gasteiger partial charge in [0.25, 0.3) is 0 Å². The predicted molar refractivity (Wildman–Crippen MR) is 181 cm³/mol. The van der Waals surface area contributed by atoms with Crippen molar-refractivity contribution < 1.29 is 132 Å². The Morgan fingerprint density at radius 2 is 0.260 bits per heavy atom. The SMILES string of the molecule is Fc1c(F)c(F)[c]([Al]([c]2c(F)c(F)c(F)c(F)c2F)[c]2c(F)c(F)c(F)c(F)c2F)c(F)c1F.Fc1c(F)c(F)[c]([Al]([c]2c(F)c(F)c(F)c(F)c2F)[c]2c(F)c(F)c(F)c(F)c2F)c(F)c1F.N#CNC#N. The van der Waals surface area contributed by atoms with Crippen LogP contribution in [0.15, 0.2) is 0 Å². The predicted octanol–water partition coefficient (Wildman–Crippen LogP) is 8.12. The molecule has 0 aliphatic heterocycles. The first-order valence-corrected chi connectivity index (χ1v) is 20.8. The van der Waals surface area contributed by atoms with E-state index in [-0.39, 0.29) is 0 Å². The minimum atomic E-state index is -5.96. The molecule has 3 nitrogen and oxygen atoms in total. The molecule has 0 amide bonds. The number of nitrogens with zero attached hydrogens (tertiary/aromatic N) is 2. The Labute approximate surface area is 388 Å². The summed E-state index contributed by atoms with van der Waals surface area (Å²) < 4.78 is 403. The molecule has 35 heteroatoms. The minimum Gasteiger partial charge on any atom is -0.229 e. The summed E-state index contributed by atoms with van der Waals surface area (Å²) in [5, 5.41) is 16.7. The summed E-state index contributed by atoms with van der Waals surface area (Å²) in [6.07, 6.45) is 2.81. The Hall–Kier alpha value is -6.94. The summed E-state index contributed by atoms with van der Waals surface area (Å²) >= 11 is -11.9. The molecule has 1 N–H and O–H groups in total. The Morgan fingerprint density at radius 1 is 0.178 bits per heavy atom. The first-order chi connectivity index (χ1) is 33.7. The van der Waals surface area contributed by atoms with E-state index in [9.17, 15) is 132 Å². The molecule has 0 radical (unpaired) electrons. The van der Waals surface area contributed by atoms with Crippen molar-refractivity contribution in [1.82, 2.24) is 5.32 Å². The fraction of sp³-hybridized carbons (Fsp3) is 0. The van der Waals surface area contributed by atoms with Gasteiger partial charge in [-0.1, -0.05) is 0 Å². The number of benzene rings is 6. The van der Waals surface area contributed by atoms with Crippen LogP contribution in [-0.4, -0.2) is 28.3 Å². The lowest BCUT2D eigenvalue weighted by Crippen LogP contribution is -2.60. The molecule has 6 aromatic carbocycles. The van der Waals surface area contributed by atoms with Crippen LogP contribution in [0.2, 0.25) is 0 Å². The van der Waals surface area contributed by atoms with E-state index >= 15 is 0 Å². The second kappa shape index (κ2) is 22.0. The van der Waals surface area contributed by atoms with E-state index in [1.807, 2.05) is 0 Å². The molecule has 0 saturated heterocycles. The summed E-state index contributed by atoms with van der Waals surface area (Å²) in [5.74, 6) is -89.2. The molecule has 6 aromatic rings. The van der Waals surface area contributed by atoms with Crippen molar-refractivity contribution in [3.63, 3.8) is 0 Å². The molecule has 0 atom stereocenters. The molecule has 0 heterocycles. The third-order valence-corrected chi connectivity index (χ3v) is 15.8. The smallest absolute Gasteiger partial charge is 0.229 e. The van der Waals surface area contributed by atoms with Gasteiger partial charge < -0.3 is 0 Å². The summed E-state index contributed by atoms with van der Waals surface area (Å²) in [6.45, 7) is 0. The lowest BCUT2D eigenvalue weighted by atomic mass is 10.3. The molecule has 0 fully saturated rings. The summed E-state index contributed by atoms with van der Waals surface area (Å²) in [6, 6.07) is 0. The highest BCUT2D eigenvalue weighted by atomic mass is 27.2. The van der Waals surface area contributed by atoms with Crippen LogP contribution in [0.5, 0.6) is 0 Å². The van der Waals surface area contributed by atoms with Crippen molar-refractivity contribution in [2.75, 3.05) is 0 Å². The lowest BCUT2D eigenvalue weighted by molar-refractivity contribution is 0.380. The Balaban J connectivity index is 0.000000290. The summed E-state index contributed by atoms with van der Waals surface area (Å²) in [7, 11) is 0. The number of halogens is 30. The second-order valence-electron chi connectivity index (χ2n) is 13.1. The van der Waals surface area contributed by atoms with Crippen LogP contribution in [-0.2, 0) is 0 Å². The van der Waals surface area contributed by atoms with Crippen LogP contribution >= 0.6 is 0 Å². The maximum absolute atomic E-state index is 14.4. The Kier molecular flexibility index (Phi) is 17.7. The van der Waals surface area contributed by atoms with Gasteiger partial charge in [-0.25, -0.2) is 137 Å². The maximum atomic E-state index is 14.4. The van der Waals surface area contributed by atoms with Crippen LogP contribution in [0, 0.1) is 197 Å². The molecule has 0 spiro atoms. The van der Waals surface area contributed by atoms with Crippen molar-refractivity contribution in [2.45, 2.75) is 0 Å². The molecule has 73 heavy (non-hydrogen) atoms. The van der Waals surface area contributed by atoms with Crippen LogP contribution in [0.1, 0.15) is 0 Å². The highest BCUT2D eigenvalue weighted by Gasteiger charge is 2.49. The van der Waals surface area contributed by atoms with Gasteiger partial charge in [0.1, 0.15) is 0 Å². The highest BCUT2D eigenvalue weighted by molar-refractivity contribution is 6.96. The van der Waals surface area contributed by atoms with Gasteiger partial charge in [-0.2, -0.15) is 10.5 Å². The van der Waals surface area contributed by atoms with Crippen molar-refractivity contribution in [1.29, 1.82) is 10.5 Å². The average molecular weight is 1120 g/mol. The first-order valence-electron chi connectivity index (χ1n) is 17.3. The monoisotopic (exact) mass is 1120 g/mol. The Bertz CT molecular complexity index is 2670. The van der Waals surface area contributed by atoms with E-state index in [2.05, 4.69) is 0 Å². The normalized spacial score (nSPS) is 10.8. The molecular formula is C38HAl2F30N3. The van der Waals surface area contributed by atoms with E-state index < -0.39 is 229 Å². The van der Waals surface area contributed by atoms with E-state index in [1.165, 1.54) is 12.4 Å². The molecular weight excluding hydrogens is 1120 g/mol. The molecule has 0 unspecified atom stereocenters. The Morgan fingerprint density at radius 3 is 0.329 bits per heavy atom. The first kappa shape index (κ1) is 58.6. The number of nitrogens with one attached hydrogen (secondary N) is 1. The molecule has 384 valence electrons. The van der Waals surface area contributed by atoms with Gasteiger partial charge in [-0.15, -0.1) is 0 Å². The molecule has 0 aromatic heterocycles. The van der Waals surface area contributed by atoms with E-state index in [0.29, 0.717) is 0 Å². The number of hydrogen-bond donors (Lipinski definition) is 1. The second-order valence-corrected chi connectivity index (χ2v) is 18.3. The third-order valence-electron chi connectivity index (χ3n) is 9.31. The molecule has 0 bridgehead atoms. The van der Waals surface area contributed by atoms with Gasteiger partial charge >= 0.3 is 28.3 Å². The van der Waals surface area contributed by atoms with Gasteiger partial charge in [0.15, 0.2) is 187 Å². The molecule has 0 saturated carbocycles. The average Bonchev–Trinajstić information content (AvgIpc) is 3.36. The van der Waals surface area contributed by atoms with Crippen LogP contribution < -0.4 is 31.9 Å². The zero-order valence-corrected chi connectivity index (χ0v) is 35.2. The van der Waals surface area contributed by atoms with E-state index in [1.54, 1.807) is 5.32 Å². The van der Waals surface area contributed by atoms with Crippen molar-refractivity contribution in [3.05, 3.63) is 175 Å². The van der Waals surface area contributed by atoms with Gasteiger partial charge in [-0.3, -0.25) is 0 Å². The van der Waals surface area contributed by atoms with E-state index in [4.69, 9.17) is 10.5 Å². The van der Waals surface area contributed by atoms with Gasteiger partial charge in [-0.05, 0) is 26.6 Å². The highest BCUT2D eigenvalue weighted by Crippen LogP contribution is 2.26. The number of nitriles is 2. The van der Waals surface area contributed by atoms with Crippen LogP contribution in [0.3, 0.4) is 0 Å². The topological polar surface area (TPSA) is 59.6 Å². The van der Waals surface area contributed by atoms with Gasteiger partial charge in [0.05, 0.1) is 0 Å². The van der Waals surface area contributed by atoms with Gasteiger partial charge in [0.2, 0.25) is 0 Å². The van der Waals surface area contributed by atoms with Crippen molar-refractivity contribution in [2.24, 2.45) is 0 Å². The quantitative estimate of drug-likeness (QED) is 0.0459. The van der Waals surface area contributed by atoms with Crippen LogP contribution in [0.25, 0.3) is 0 Å². The van der Waals surface area contributed by atoms with E-state index in [0.717, 1.165) is 0 Å². The lowest BCUT2D eigenvalue weighted by Gasteiger charge is -2.20.